The van der Waals surface area contributed by atoms with Gasteiger partial charge in [-0.2, -0.15) is 9.65 Å². The van der Waals surface area contributed by atoms with E-state index in [-0.39, 0.29) is 11.5 Å². The molecule has 0 saturated heterocycles. The molecule has 0 fully saturated rings. The molecule has 1 aromatic carbocycles. The summed E-state index contributed by atoms with van der Waals surface area (Å²) >= 11 is 0. The minimum atomic E-state index is -0.686. The van der Waals surface area contributed by atoms with Gasteiger partial charge in [0.1, 0.15) is 0 Å². The Morgan fingerprint density at radius 3 is 2.81 bits per heavy atom. The molecule has 2 aromatic rings. The molecule has 21 heavy (non-hydrogen) atoms. The van der Waals surface area contributed by atoms with Crippen molar-refractivity contribution in [3.63, 3.8) is 0 Å². The topological polar surface area (TPSA) is 57.0 Å². The first-order chi connectivity index (χ1) is 10.2. The molecule has 0 aliphatic heterocycles. The van der Waals surface area contributed by atoms with Crippen molar-refractivity contribution in [2.45, 2.75) is 13.5 Å². The molecule has 0 spiro atoms. The van der Waals surface area contributed by atoms with E-state index in [9.17, 15) is 9.18 Å². The van der Waals surface area contributed by atoms with Crippen LogP contribution >= 0.6 is 0 Å². The van der Waals surface area contributed by atoms with Gasteiger partial charge < -0.3 is 4.90 Å². The molecule has 2 rings (SSSR count). The molecule has 4 nitrogen and oxygen atoms in total. The fraction of sp³-hybridized carbons (Fsp3) is 0.188. The van der Waals surface area contributed by atoms with Crippen LogP contribution < -0.4 is 0 Å². The first-order valence-corrected chi connectivity index (χ1v) is 6.54. The van der Waals surface area contributed by atoms with Crippen LogP contribution in [0, 0.1) is 17.3 Å². The Morgan fingerprint density at radius 2 is 2.14 bits per heavy atom. The van der Waals surface area contributed by atoms with E-state index in [2.05, 4.69) is 11.1 Å². The van der Waals surface area contributed by atoms with Gasteiger partial charge in [-0.05, 0) is 24.6 Å². The Hall–Kier alpha value is -2.74. The minimum Gasteiger partial charge on any atom is -0.335 e. The number of halogens is 1. The van der Waals surface area contributed by atoms with E-state index in [1.807, 2.05) is 19.1 Å². The van der Waals surface area contributed by atoms with E-state index in [1.165, 1.54) is 12.3 Å². The normalized spacial score (nSPS) is 9.95. The molecule has 1 amide bonds. The van der Waals surface area contributed by atoms with Gasteiger partial charge in [0.2, 0.25) is 5.95 Å². The van der Waals surface area contributed by atoms with Crippen molar-refractivity contribution < 1.29 is 9.18 Å². The van der Waals surface area contributed by atoms with E-state index in [0.717, 1.165) is 11.6 Å². The Morgan fingerprint density at radius 1 is 1.38 bits per heavy atom. The predicted molar refractivity (Wildman–Crippen MR) is 75.8 cm³/mol. The predicted octanol–water partition coefficient (Wildman–Crippen LogP) is 2.75. The smallest absolute Gasteiger partial charge is 0.254 e. The van der Waals surface area contributed by atoms with Crippen molar-refractivity contribution in [3.8, 4) is 6.07 Å². The van der Waals surface area contributed by atoms with E-state index >= 15 is 0 Å². The maximum absolute atomic E-state index is 13.1. The van der Waals surface area contributed by atoms with E-state index < -0.39 is 5.95 Å². The summed E-state index contributed by atoms with van der Waals surface area (Å²) in [6.07, 6.45) is 1.26. The summed E-state index contributed by atoms with van der Waals surface area (Å²) in [6.45, 7) is 2.61. The molecule has 106 valence electrons. The summed E-state index contributed by atoms with van der Waals surface area (Å²) in [4.78, 5) is 17.4. The molecule has 5 heteroatoms. The van der Waals surface area contributed by atoms with Gasteiger partial charge in [0.05, 0.1) is 11.6 Å². The molecule has 0 bridgehead atoms. The van der Waals surface area contributed by atoms with Gasteiger partial charge in [-0.1, -0.05) is 18.2 Å². The molecule has 1 aromatic heterocycles. The van der Waals surface area contributed by atoms with Crippen molar-refractivity contribution in [3.05, 3.63) is 65.2 Å². The molecule has 0 aliphatic carbocycles. The number of rotatable bonds is 4. The lowest BCUT2D eigenvalue weighted by atomic mass is 10.1. The monoisotopic (exact) mass is 283 g/mol. The largest absolute Gasteiger partial charge is 0.335 e. The van der Waals surface area contributed by atoms with Crippen molar-refractivity contribution in [1.29, 1.82) is 5.26 Å². The Bertz CT molecular complexity index is 694. The van der Waals surface area contributed by atoms with Gasteiger partial charge in [-0.3, -0.25) is 4.79 Å². The number of aromatic nitrogens is 1. The number of hydrogen-bond donors (Lipinski definition) is 0. The molecular weight excluding hydrogens is 269 g/mol. The summed E-state index contributed by atoms with van der Waals surface area (Å²) < 4.78 is 13.1. The first kappa shape index (κ1) is 14.7. The fourth-order valence-corrected chi connectivity index (χ4v) is 2.02. The number of hydrogen-bond acceptors (Lipinski definition) is 3. The summed E-state index contributed by atoms with van der Waals surface area (Å²) in [5.74, 6) is -0.971. The lowest BCUT2D eigenvalue weighted by Crippen LogP contribution is -2.30. The molecule has 0 aliphatic rings. The van der Waals surface area contributed by atoms with Crippen LogP contribution in [0.5, 0.6) is 0 Å². The maximum atomic E-state index is 13.1. The average Bonchev–Trinajstić information content (AvgIpc) is 2.52. The fourth-order valence-electron chi connectivity index (χ4n) is 2.02. The zero-order valence-corrected chi connectivity index (χ0v) is 11.6. The lowest BCUT2D eigenvalue weighted by Gasteiger charge is -2.21. The van der Waals surface area contributed by atoms with Crippen LogP contribution in [0.15, 0.2) is 42.6 Å². The van der Waals surface area contributed by atoms with Gasteiger partial charge in [0.15, 0.2) is 0 Å². The number of nitriles is 1. The van der Waals surface area contributed by atoms with Crippen LogP contribution in [0.2, 0.25) is 0 Å². The second-order valence-electron chi connectivity index (χ2n) is 4.46. The Balaban J connectivity index is 2.24. The van der Waals surface area contributed by atoms with Crippen LogP contribution in [-0.4, -0.2) is 22.3 Å². The third-order valence-electron chi connectivity index (χ3n) is 3.14. The number of amides is 1. The molecule has 0 saturated carbocycles. The van der Waals surface area contributed by atoms with E-state index in [4.69, 9.17) is 5.26 Å². The number of benzene rings is 1. The van der Waals surface area contributed by atoms with Crippen molar-refractivity contribution in [2.24, 2.45) is 0 Å². The second-order valence-corrected chi connectivity index (χ2v) is 4.46. The molecule has 0 unspecified atom stereocenters. The van der Waals surface area contributed by atoms with Gasteiger partial charge in [0.25, 0.3) is 5.91 Å². The van der Waals surface area contributed by atoms with E-state index in [1.54, 1.807) is 17.0 Å². The lowest BCUT2D eigenvalue weighted by molar-refractivity contribution is 0.0751. The highest BCUT2D eigenvalue weighted by atomic mass is 19.1. The quantitative estimate of drug-likeness (QED) is 0.811. The zero-order valence-electron chi connectivity index (χ0n) is 11.6. The summed E-state index contributed by atoms with van der Waals surface area (Å²) in [7, 11) is 0. The van der Waals surface area contributed by atoms with Gasteiger partial charge in [-0.15, -0.1) is 0 Å². The van der Waals surface area contributed by atoms with Crippen molar-refractivity contribution >= 4 is 5.91 Å². The van der Waals surface area contributed by atoms with Crippen LogP contribution in [0.25, 0.3) is 0 Å². The third-order valence-corrected chi connectivity index (χ3v) is 3.14. The highest BCUT2D eigenvalue weighted by molar-refractivity contribution is 5.94. The second kappa shape index (κ2) is 6.62. The summed E-state index contributed by atoms with van der Waals surface area (Å²) in [5, 5.41) is 9.08. The van der Waals surface area contributed by atoms with Crippen molar-refractivity contribution in [2.75, 3.05) is 6.54 Å². The molecular formula is C16H14FN3O. The standard InChI is InChI=1S/C16H14FN3O/c1-2-20(11-14-6-4-3-5-13(14)10-18)16(21)12-7-8-19-15(17)9-12/h3-9H,2,11H2,1H3. The van der Waals surface area contributed by atoms with Crippen molar-refractivity contribution in [1.82, 2.24) is 9.88 Å². The Kier molecular flexibility index (Phi) is 4.62. The first-order valence-electron chi connectivity index (χ1n) is 6.54. The van der Waals surface area contributed by atoms with Gasteiger partial charge in [-0.25, -0.2) is 4.98 Å². The third kappa shape index (κ3) is 3.42. The van der Waals surface area contributed by atoms with Crippen LogP contribution in [0.4, 0.5) is 4.39 Å². The molecule has 1 heterocycles. The van der Waals surface area contributed by atoms with E-state index in [0.29, 0.717) is 18.7 Å². The number of carbonyl (C=O) groups excluding carboxylic acids is 1. The van der Waals surface area contributed by atoms with Crippen LogP contribution in [-0.2, 0) is 6.54 Å². The highest BCUT2D eigenvalue weighted by Gasteiger charge is 2.16. The Labute approximate surface area is 122 Å². The zero-order chi connectivity index (χ0) is 15.2. The minimum absolute atomic E-state index is 0.249. The number of nitrogens with zero attached hydrogens (tertiary/aromatic N) is 3. The summed E-state index contributed by atoms with van der Waals surface area (Å²) in [6, 6.07) is 11.8. The SMILES string of the molecule is CCN(Cc1ccccc1C#N)C(=O)c1ccnc(F)c1. The molecule has 0 radical (unpaired) electrons. The molecule has 0 atom stereocenters. The van der Waals surface area contributed by atoms with Gasteiger partial charge in [0, 0.05) is 30.9 Å². The molecule has 0 N–H and O–H groups in total. The van der Waals surface area contributed by atoms with Crippen LogP contribution in [0.3, 0.4) is 0 Å². The van der Waals surface area contributed by atoms with Crippen LogP contribution in [0.1, 0.15) is 28.4 Å². The average molecular weight is 283 g/mol. The number of pyridine rings is 1. The highest BCUT2D eigenvalue weighted by Crippen LogP contribution is 2.13. The number of carbonyl (C=O) groups is 1. The van der Waals surface area contributed by atoms with Gasteiger partial charge >= 0.3 is 0 Å². The maximum Gasteiger partial charge on any atom is 0.254 e. The summed E-state index contributed by atoms with van der Waals surface area (Å²) in [5.41, 5.74) is 1.55.